The maximum atomic E-state index is 12.5. The van der Waals surface area contributed by atoms with Crippen molar-refractivity contribution in [3.63, 3.8) is 0 Å². The molecule has 0 rings (SSSR count). The van der Waals surface area contributed by atoms with Crippen molar-refractivity contribution >= 4 is 23.8 Å². The van der Waals surface area contributed by atoms with E-state index in [9.17, 15) is 19.2 Å². The van der Waals surface area contributed by atoms with Crippen LogP contribution in [0, 0.1) is 0 Å². The first-order valence-electron chi connectivity index (χ1n) is 18.1. The van der Waals surface area contributed by atoms with Gasteiger partial charge >= 0.3 is 11.9 Å². The summed E-state index contributed by atoms with van der Waals surface area (Å²) in [6, 6.07) is -1.39. The highest BCUT2D eigenvalue weighted by molar-refractivity contribution is 5.87. The molecule has 2 unspecified atom stereocenters. The normalized spacial score (nSPS) is 12.6. The summed E-state index contributed by atoms with van der Waals surface area (Å²) in [6.45, 7) is 3.36. The van der Waals surface area contributed by atoms with E-state index in [4.69, 9.17) is 14.9 Å². The van der Waals surface area contributed by atoms with Gasteiger partial charge in [0.1, 0.15) is 12.1 Å². The van der Waals surface area contributed by atoms with Gasteiger partial charge in [0.15, 0.2) is 0 Å². The molecule has 0 heterocycles. The topological polar surface area (TPSA) is 142 Å². The van der Waals surface area contributed by atoms with Crippen molar-refractivity contribution in [1.29, 1.82) is 0 Å². The molecule has 0 bridgehead atoms. The number of amides is 2. The Bertz CT molecular complexity index is 787. The van der Waals surface area contributed by atoms with E-state index in [1.165, 1.54) is 77.0 Å². The molecule has 0 radical (unpaired) electrons. The van der Waals surface area contributed by atoms with Gasteiger partial charge in [-0.15, -0.1) is 0 Å². The van der Waals surface area contributed by atoms with Crippen LogP contribution in [0.25, 0.3) is 0 Å². The number of allylic oxidation sites excluding steroid dienone is 1. The zero-order valence-corrected chi connectivity index (χ0v) is 28.6. The van der Waals surface area contributed by atoms with Gasteiger partial charge in [0, 0.05) is 12.8 Å². The van der Waals surface area contributed by atoms with Crippen molar-refractivity contribution < 1.29 is 34.1 Å². The molecule has 0 aromatic rings. The number of aliphatic hydroxyl groups excluding tert-OH is 1. The Morgan fingerprint density at radius 1 is 0.667 bits per heavy atom. The van der Waals surface area contributed by atoms with Gasteiger partial charge in [0.25, 0.3) is 0 Å². The van der Waals surface area contributed by atoms with E-state index >= 15 is 0 Å². The summed E-state index contributed by atoms with van der Waals surface area (Å²) in [6.07, 6.45) is 30.0. The third-order valence-electron chi connectivity index (χ3n) is 8.00. The molecule has 0 aliphatic rings. The molecular formula is C36H66N2O7. The lowest BCUT2D eigenvalue weighted by atomic mass is 10.0. The van der Waals surface area contributed by atoms with Crippen LogP contribution in [0.15, 0.2) is 12.2 Å². The van der Waals surface area contributed by atoms with Gasteiger partial charge in [-0.25, -0.2) is 4.79 Å². The highest BCUT2D eigenvalue weighted by atomic mass is 16.5. The van der Waals surface area contributed by atoms with Crippen molar-refractivity contribution in [3.05, 3.63) is 12.2 Å². The van der Waals surface area contributed by atoms with Crippen LogP contribution in [0.5, 0.6) is 0 Å². The van der Waals surface area contributed by atoms with Crippen molar-refractivity contribution in [1.82, 2.24) is 10.6 Å². The average molecular weight is 639 g/mol. The summed E-state index contributed by atoms with van der Waals surface area (Å²) < 4.78 is 5.81. The summed E-state index contributed by atoms with van der Waals surface area (Å²) >= 11 is 0. The standard InChI is InChI=1S/C36H66N2O7/c1-3-5-7-9-10-11-12-13-14-15-16-17-18-24-28-35(42)45-31(25-21-8-6-4-2)26-22-19-20-23-27-33(40)37-29-34(41)38-32(30-39)36(43)44/h21,25,31-32,39H,3-20,22-24,26-30H2,1-2H3,(H,37,40)(H,38,41)(H,43,44)/b25-21-. The minimum atomic E-state index is -1.39. The molecule has 0 saturated heterocycles. The Morgan fingerprint density at radius 2 is 1.18 bits per heavy atom. The van der Waals surface area contributed by atoms with Gasteiger partial charge in [-0.05, 0) is 38.2 Å². The summed E-state index contributed by atoms with van der Waals surface area (Å²) in [5.41, 5.74) is 0. The predicted octanol–water partition coefficient (Wildman–Crippen LogP) is 7.53. The van der Waals surface area contributed by atoms with Crippen LogP contribution < -0.4 is 10.6 Å². The molecule has 0 aromatic carbocycles. The Morgan fingerprint density at radius 3 is 1.71 bits per heavy atom. The molecule has 2 atom stereocenters. The number of hydrogen-bond acceptors (Lipinski definition) is 6. The molecule has 0 aliphatic carbocycles. The van der Waals surface area contributed by atoms with E-state index in [0.717, 1.165) is 57.8 Å². The molecule has 0 fully saturated rings. The van der Waals surface area contributed by atoms with E-state index in [-0.39, 0.29) is 30.9 Å². The summed E-state index contributed by atoms with van der Waals surface area (Å²) in [7, 11) is 0. The SMILES string of the molecule is CCCC/C=C\C(CCCCCCC(=O)NCC(=O)NC(CO)C(=O)O)OC(=O)CCCCCCCCCCCCCCCC. The number of esters is 1. The summed E-state index contributed by atoms with van der Waals surface area (Å²) in [4.78, 5) is 47.1. The molecule has 0 spiro atoms. The van der Waals surface area contributed by atoms with Gasteiger partial charge < -0.3 is 25.6 Å². The molecule has 0 aliphatic heterocycles. The minimum absolute atomic E-state index is 0.117. The molecule has 0 aromatic heterocycles. The number of carboxylic acid groups (broad SMARTS) is 1. The third kappa shape index (κ3) is 28.8. The number of aliphatic hydroxyl groups is 1. The van der Waals surface area contributed by atoms with Crippen LogP contribution in [-0.4, -0.2) is 59.3 Å². The van der Waals surface area contributed by atoms with Crippen LogP contribution >= 0.6 is 0 Å². The molecule has 9 nitrogen and oxygen atoms in total. The third-order valence-corrected chi connectivity index (χ3v) is 8.00. The van der Waals surface area contributed by atoms with E-state index in [0.29, 0.717) is 12.8 Å². The lowest BCUT2D eigenvalue weighted by Crippen LogP contribution is -2.47. The monoisotopic (exact) mass is 638 g/mol. The average Bonchev–Trinajstić information content (AvgIpc) is 3.02. The smallest absolute Gasteiger partial charge is 0.328 e. The van der Waals surface area contributed by atoms with Crippen molar-refractivity contribution in [2.75, 3.05) is 13.2 Å². The zero-order chi connectivity index (χ0) is 33.4. The minimum Gasteiger partial charge on any atom is -0.480 e. The van der Waals surface area contributed by atoms with Gasteiger partial charge in [-0.3, -0.25) is 14.4 Å². The van der Waals surface area contributed by atoms with Crippen LogP contribution in [0.1, 0.15) is 168 Å². The number of rotatable bonds is 32. The Hall–Kier alpha value is -2.42. The zero-order valence-electron chi connectivity index (χ0n) is 28.6. The maximum absolute atomic E-state index is 12.5. The number of carboxylic acids is 1. The molecule has 4 N–H and O–H groups in total. The summed E-state index contributed by atoms with van der Waals surface area (Å²) in [5.74, 6) is -2.40. The molecule has 2 amide bonds. The Labute approximate surface area is 273 Å². The van der Waals surface area contributed by atoms with Crippen molar-refractivity contribution in [2.24, 2.45) is 0 Å². The fraction of sp³-hybridized carbons (Fsp3) is 0.833. The van der Waals surface area contributed by atoms with Crippen LogP contribution in [0.4, 0.5) is 0 Å². The number of nitrogens with one attached hydrogen (secondary N) is 2. The number of hydrogen-bond donors (Lipinski definition) is 4. The lowest BCUT2D eigenvalue weighted by molar-refractivity contribution is -0.147. The molecule has 45 heavy (non-hydrogen) atoms. The van der Waals surface area contributed by atoms with Gasteiger partial charge in [0.2, 0.25) is 11.8 Å². The number of ether oxygens (including phenoxy) is 1. The van der Waals surface area contributed by atoms with E-state index in [1.807, 2.05) is 6.08 Å². The number of carbonyl (C=O) groups is 4. The van der Waals surface area contributed by atoms with Crippen molar-refractivity contribution in [2.45, 2.75) is 180 Å². The Kier molecular flexibility index (Phi) is 29.9. The second-order valence-corrected chi connectivity index (χ2v) is 12.3. The van der Waals surface area contributed by atoms with Gasteiger partial charge in [-0.2, -0.15) is 0 Å². The summed E-state index contributed by atoms with van der Waals surface area (Å²) in [5, 5.41) is 22.4. The fourth-order valence-electron chi connectivity index (χ4n) is 5.14. The van der Waals surface area contributed by atoms with Crippen LogP contribution in [0.3, 0.4) is 0 Å². The first-order valence-corrected chi connectivity index (χ1v) is 18.1. The number of unbranched alkanes of at least 4 members (excludes halogenated alkanes) is 18. The highest BCUT2D eigenvalue weighted by Crippen LogP contribution is 2.15. The highest BCUT2D eigenvalue weighted by Gasteiger charge is 2.18. The first kappa shape index (κ1) is 42.6. The first-order chi connectivity index (χ1) is 21.8. The predicted molar refractivity (Wildman–Crippen MR) is 181 cm³/mol. The molecule has 262 valence electrons. The number of carbonyl (C=O) groups excluding carboxylic acids is 3. The quantitative estimate of drug-likeness (QED) is 0.0339. The Balaban J connectivity index is 4.05. The van der Waals surface area contributed by atoms with Crippen LogP contribution in [-0.2, 0) is 23.9 Å². The van der Waals surface area contributed by atoms with Gasteiger partial charge in [0.05, 0.1) is 13.2 Å². The molecule has 9 heteroatoms. The van der Waals surface area contributed by atoms with Gasteiger partial charge in [-0.1, -0.05) is 129 Å². The molecule has 0 saturated carbocycles. The van der Waals surface area contributed by atoms with Crippen molar-refractivity contribution in [3.8, 4) is 0 Å². The van der Waals surface area contributed by atoms with E-state index in [1.54, 1.807) is 0 Å². The maximum Gasteiger partial charge on any atom is 0.328 e. The van der Waals surface area contributed by atoms with Crippen LogP contribution in [0.2, 0.25) is 0 Å². The lowest BCUT2D eigenvalue weighted by Gasteiger charge is -2.15. The number of aliphatic carboxylic acids is 1. The van der Waals surface area contributed by atoms with E-state index < -0.39 is 24.5 Å². The molecular weight excluding hydrogens is 572 g/mol. The second kappa shape index (κ2) is 31.6. The van der Waals surface area contributed by atoms with E-state index in [2.05, 4.69) is 30.6 Å². The largest absolute Gasteiger partial charge is 0.480 e. The second-order valence-electron chi connectivity index (χ2n) is 12.3. The fourth-order valence-corrected chi connectivity index (χ4v) is 5.14.